The number of thioether (sulfide) groups is 1. The summed E-state index contributed by atoms with van der Waals surface area (Å²) in [6.07, 6.45) is 1.50. The van der Waals surface area contributed by atoms with Crippen LogP contribution in [-0.2, 0) is 18.3 Å². The molecule has 0 unspecified atom stereocenters. The lowest BCUT2D eigenvalue weighted by Gasteiger charge is -2.18. The minimum atomic E-state index is -0.0988. The quantitative estimate of drug-likeness (QED) is 0.422. The lowest BCUT2D eigenvalue weighted by molar-refractivity contribution is -0.118. The Bertz CT molecular complexity index is 980. The Hall–Kier alpha value is -2.86. The fourth-order valence-corrected chi connectivity index (χ4v) is 4.14. The molecule has 1 heterocycles. The summed E-state index contributed by atoms with van der Waals surface area (Å²) in [5.41, 5.74) is 3.12. The lowest BCUT2D eigenvalue weighted by atomic mass is 9.88. The third-order valence-electron chi connectivity index (χ3n) is 5.00. The minimum Gasteiger partial charge on any atom is -0.355 e. The molecule has 3 aromatic rings. The zero-order chi connectivity index (χ0) is 21.3. The number of benzene rings is 2. The van der Waals surface area contributed by atoms with Gasteiger partial charge in [-0.15, -0.1) is 0 Å². The monoisotopic (exact) mass is 421 g/mol. The Morgan fingerprint density at radius 1 is 1.07 bits per heavy atom. The molecule has 3 rings (SSSR count). The van der Waals surface area contributed by atoms with Crippen molar-refractivity contribution < 1.29 is 4.79 Å². The van der Waals surface area contributed by atoms with E-state index in [4.69, 9.17) is 0 Å². The molecule has 0 aliphatic rings. The number of carbonyl (C=O) groups excluding carboxylic acids is 1. The van der Waals surface area contributed by atoms with E-state index in [1.165, 1.54) is 33.5 Å². The van der Waals surface area contributed by atoms with Crippen molar-refractivity contribution in [1.82, 2.24) is 14.9 Å². The second-order valence-corrected chi connectivity index (χ2v) is 8.02. The molecule has 5 nitrogen and oxygen atoms in total. The van der Waals surface area contributed by atoms with Gasteiger partial charge in [0.2, 0.25) is 5.91 Å². The molecular weight excluding hydrogens is 394 g/mol. The van der Waals surface area contributed by atoms with Crippen LogP contribution in [0.25, 0.3) is 0 Å². The van der Waals surface area contributed by atoms with Crippen LogP contribution < -0.4 is 10.9 Å². The van der Waals surface area contributed by atoms with Crippen LogP contribution in [0.5, 0.6) is 0 Å². The molecule has 1 amide bonds. The van der Waals surface area contributed by atoms with E-state index < -0.39 is 0 Å². The fourth-order valence-electron chi connectivity index (χ4n) is 3.31. The topological polar surface area (TPSA) is 64.0 Å². The second-order valence-electron chi connectivity index (χ2n) is 7.08. The van der Waals surface area contributed by atoms with Crippen molar-refractivity contribution in [3.63, 3.8) is 0 Å². The maximum absolute atomic E-state index is 12.4. The average molecular weight is 422 g/mol. The van der Waals surface area contributed by atoms with Crippen LogP contribution in [0.15, 0.2) is 76.7 Å². The minimum absolute atomic E-state index is 0.0592. The van der Waals surface area contributed by atoms with E-state index in [2.05, 4.69) is 34.6 Å². The van der Waals surface area contributed by atoms with Crippen molar-refractivity contribution >= 4 is 17.7 Å². The predicted molar refractivity (Wildman–Crippen MR) is 122 cm³/mol. The largest absolute Gasteiger partial charge is 0.355 e. The number of hydrogen-bond acceptors (Lipinski definition) is 4. The molecule has 0 aliphatic carbocycles. The summed E-state index contributed by atoms with van der Waals surface area (Å²) in [5.74, 6) is 0.398. The molecule has 6 heteroatoms. The van der Waals surface area contributed by atoms with Crippen molar-refractivity contribution in [2.24, 2.45) is 7.05 Å². The number of nitrogens with zero attached hydrogens (tertiary/aromatic N) is 2. The van der Waals surface area contributed by atoms with Gasteiger partial charge in [0, 0.05) is 31.3 Å². The van der Waals surface area contributed by atoms with Crippen molar-refractivity contribution in [1.29, 1.82) is 0 Å². The van der Waals surface area contributed by atoms with Crippen LogP contribution in [0, 0.1) is 0 Å². The van der Waals surface area contributed by atoms with Gasteiger partial charge in [0.25, 0.3) is 5.56 Å². The summed E-state index contributed by atoms with van der Waals surface area (Å²) >= 11 is 1.29. The second kappa shape index (κ2) is 10.8. The first-order valence-corrected chi connectivity index (χ1v) is 11.1. The Morgan fingerprint density at radius 3 is 2.23 bits per heavy atom. The van der Waals surface area contributed by atoms with Gasteiger partial charge in [-0.25, -0.2) is 4.98 Å². The van der Waals surface area contributed by atoms with E-state index in [0.717, 1.165) is 12.1 Å². The summed E-state index contributed by atoms with van der Waals surface area (Å²) in [6.45, 7) is 2.54. The maximum Gasteiger partial charge on any atom is 0.254 e. The highest BCUT2D eigenvalue weighted by atomic mass is 32.2. The molecule has 0 spiro atoms. The van der Waals surface area contributed by atoms with Gasteiger partial charge in [0.05, 0.1) is 5.75 Å². The number of amides is 1. The highest BCUT2D eigenvalue weighted by Gasteiger charge is 2.14. The van der Waals surface area contributed by atoms with E-state index in [1.54, 1.807) is 7.05 Å². The maximum atomic E-state index is 12.4. The normalized spacial score (nSPS) is 10.9. The van der Waals surface area contributed by atoms with Crippen LogP contribution in [0.4, 0.5) is 0 Å². The first-order chi connectivity index (χ1) is 14.6. The number of rotatable bonds is 9. The van der Waals surface area contributed by atoms with E-state index in [9.17, 15) is 9.59 Å². The molecule has 0 aliphatic heterocycles. The van der Waals surface area contributed by atoms with Gasteiger partial charge in [0.15, 0.2) is 5.16 Å². The van der Waals surface area contributed by atoms with Crippen LogP contribution in [-0.4, -0.2) is 27.8 Å². The van der Waals surface area contributed by atoms with Crippen LogP contribution in [0.1, 0.15) is 36.1 Å². The van der Waals surface area contributed by atoms with Crippen LogP contribution in [0.2, 0.25) is 0 Å². The van der Waals surface area contributed by atoms with E-state index in [-0.39, 0.29) is 23.1 Å². The molecular formula is C24H27N3O2S. The predicted octanol–water partition coefficient (Wildman–Crippen LogP) is 3.77. The number of aryl methyl sites for hydroxylation is 1. The molecule has 1 N–H and O–H groups in total. The van der Waals surface area contributed by atoms with Crippen LogP contribution in [0.3, 0.4) is 0 Å². The Labute approximate surface area is 181 Å². The molecule has 0 radical (unpaired) electrons. The molecule has 0 saturated heterocycles. The molecule has 0 bridgehead atoms. The third kappa shape index (κ3) is 5.83. The molecule has 1 aromatic heterocycles. The Morgan fingerprint density at radius 2 is 1.67 bits per heavy atom. The summed E-state index contributed by atoms with van der Waals surface area (Å²) in [6, 6.07) is 22.3. The molecule has 0 fully saturated rings. The van der Waals surface area contributed by atoms with Crippen molar-refractivity contribution in [3.8, 4) is 0 Å². The van der Waals surface area contributed by atoms with Gasteiger partial charge in [-0.2, -0.15) is 0 Å². The van der Waals surface area contributed by atoms with Gasteiger partial charge in [-0.1, -0.05) is 79.3 Å². The summed E-state index contributed by atoms with van der Waals surface area (Å²) in [7, 11) is 1.68. The third-order valence-corrected chi connectivity index (χ3v) is 6.03. The van der Waals surface area contributed by atoms with Gasteiger partial charge in [-0.3, -0.25) is 14.2 Å². The van der Waals surface area contributed by atoms with Gasteiger partial charge in [-0.05, 0) is 24.0 Å². The molecule has 156 valence electrons. The first kappa shape index (κ1) is 21.8. The van der Waals surface area contributed by atoms with Gasteiger partial charge < -0.3 is 5.32 Å². The first-order valence-electron chi connectivity index (χ1n) is 10.1. The number of hydrogen-bond donors (Lipinski definition) is 1. The van der Waals surface area contributed by atoms with Gasteiger partial charge >= 0.3 is 0 Å². The van der Waals surface area contributed by atoms with E-state index >= 15 is 0 Å². The lowest BCUT2D eigenvalue weighted by Crippen LogP contribution is -2.28. The van der Waals surface area contributed by atoms with E-state index in [0.29, 0.717) is 18.1 Å². The smallest absolute Gasteiger partial charge is 0.254 e. The highest BCUT2D eigenvalue weighted by molar-refractivity contribution is 7.99. The van der Waals surface area contributed by atoms with Gasteiger partial charge in [0.1, 0.15) is 0 Å². The number of aromatic nitrogens is 2. The van der Waals surface area contributed by atoms with E-state index in [1.807, 2.05) is 43.3 Å². The summed E-state index contributed by atoms with van der Waals surface area (Å²) < 4.78 is 1.48. The SMILES string of the molecule is CCc1cc(=O)n(C)c(SCC(=O)NCCC(c2ccccc2)c2ccccc2)n1. The zero-order valence-corrected chi connectivity index (χ0v) is 18.2. The fraction of sp³-hybridized carbons (Fsp3) is 0.292. The molecule has 2 aromatic carbocycles. The molecule has 0 saturated carbocycles. The van der Waals surface area contributed by atoms with Crippen molar-refractivity contribution in [2.45, 2.75) is 30.8 Å². The average Bonchev–Trinajstić information content (AvgIpc) is 2.78. The van der Waals surface area contributed by atoms with Crippen molar-refractivity contribution in [3.05, 3.63) is 93.9 Å². The number of nitrogens with one attached hydrogen (secondary N) is 1. The van der Waals surface area contributed by atoms with Crippen molar-refractivity contribution in [2.75, 3.05) is 12.3 Å². The van der Waals surface area contributed by atoms with Crippen LogP contribution >= 0.6 is 11.8 Å². The Balaban J connectivity index is 1.57. The number of carbonyl (C=O) groups is 1. The summed E-state index contributed by atoms with van der Waals surface area (Å²) in [4.78, 5) is 28.8. The Kier molecular flexibility index (Phi) is 7.85. The molecule has 0 atom stereocenters. The standard InChI is InChI=1S/C24H27N3O2S/c1-3-20-16-23(29)27(2)24(26-20)30-17-22(28)25-15-14-21(18-10-6-4-7-11-18)19-12-8-5-9-13-19/h4-13,16,21H,3,14-15,17H2,1-2H3,(H,25,28). The summed E-state index contributed by atoms with van der Waals surface area (Å²) in [5, 5.41) is 3.58. The molecule has 30 heavy (non-hydrogen) atoms. The highest BCUT2D eigenvalue weighted by Crippen LogP contribution is 2.27. The zero-order valence-electron chi connectivity index (χ0n) is 17.4.